The zero-order chi connectivity index (χ0) is 26.9. The van der Waals surface area contributed by atoms with Gasteiger partial charge in [0, 0.05) is 62.7 Å². The second-order valence-corrected chi connectivity index (χ2v) is 12.6. The molecular weight excluding hydrogens is 522 g/mol. The van der Waals surface area contributed by atoms with Crippen molar-refractivity contribution in [3.63, 3.8) is 0 Å². The average molecular weight is 554 g/mol. The number of aromatic nitrogens is 2. The maximum atomic E-state index is 13.4. The molecule has 200 valence electrons. The summed E-state index contributed by atoms with van der Waals surface area (Å²) in [7, 11) is -3.70. The highest BCUT2D eigenvalue weighted by atomic mass is 32.2. The summed E-state index contributed by atoms with van der Waals surface area (Å²) in [6, 6.07) is 16.1. The van der Waals surface area contributed by atoms with Crippen LogP contribution in [0.25, 0.3) is 0 Å². The number of anilines is 2. The first-order chi connectivity index (χ1) is 18.2. The van der Waals surface area contributed by atoms with E-state index in [2.05, 4.69) is 22.3 Å². The molecule has 1 amide bonds. The molecule has 1 N–H and O–H groups in total. The van der Waals surface area contributed by atoms with Gasteiger partial charge in [0.2, 0.25) is 21.1 Å². The zero-order valence-electron chi connectivity index (χ0n) is 21.5. The van der Waals surface area contributed by atoms with Gasteiger partial charge in [-0.25, -0.2) is 13.4 Å². The molecule has 1 aromatic heterocycles. The number of rotatable bonds is 6. The Morgan fingerprint density at radius 2 is 1.74 bits per heavy atom. The molecule has 11 heteroatoms. The number of sulfonamides is 1. The molecule has 3 aromatic rings. The van der Waals surface area contributed by atoms with Crippen molar-refractivity contribution in [1.82, 2.24) is 13.7 Å². The van der Waals surface area contributed by atoms with Crippen molar-refractivity contribution in [3.8, 4) is 0 Å². The summed E-state index contributed by atoms with van der Waals surface area (Å²) in [6.45, 7) is 4.62. The Kier molecular flexibility index (Phi) is 7.34. The fourth-order valence-corrected chi connectivity index (χ4v) is 7.82. The molecule has 1 saturated heterocycles. The van der Waals surface area contributed by atoms with Gasteiger partial charge in [0.05, 0.1) is 10.3 Å². The molecule has 1 unspecified atom stereocenters. The highest BCUT2D eigenvalue weighted by Crippen LogP contribution is 2.44. The second-order valence-electron chi connectivity index (χ2n) is 10.0. The zero-order valence-corrected chi connectivity index (χ0v) is 23.1. The van der Waals surface area contributed by atoms with Crippen LogP contribution in [0.3, 0.4) is 0 Å². The lowest BCUT2D eigenvalue weighted by Crippen LogP contribution is -2.54. The van der Waals surface area contributed by atoms with Crippen molar-refractivity contribution < 1.29 is 18.0 Å². The number of carbonyl (C=O) groups is 2. The van der Waals surface area contributed by atoms with Crippen LogP contribution in [0.1, 0.15) is 50.9 Å². The predicted molar refractivity (Wildman–Crippen MR) is 147 cm³/mol. The number of piperazine rings is 1. The molecule has 2 heterocycles. The molecule has 2 aliphatic rings. The number of nitrogens with one attached hydrogen (secondary N) is 1. The van der Waals surface area contributed by atoms with Crippen molar-refractivity contribution in [1.29, 1.82) is 0 Å². The van der Waals surface area contributed by atoms with Crippen LogP contribution in [-0.4, -0.2) is 59.4 Å². The van der Waals surface area contributed by atoms with Crippen LogP contribution in [-0.2, 0) is 25.0 Å². The molecule has 1 saturated carbocycles. The van der Waals surface area contributed by atoms with E-state index in [0.29, 0.717) is 51.0 Å². The number of hydrogen-bond acceptors (Lipinski definition) is 8. The normalized spacial score (nSPS) is 20.3. The third-order valence-electron chi connectivity index (χ3n) is 7.45. The lowest BCUT2D eigenvalue weighted by atomic mass is 9.68. The van der Waals surface area contributed by atoms with E-state index in [-0.39, 0.29) is 28.0 Å². The molecule has 38 heavy (non-hydrogen) atoms. The first kappa shape index (κ1) is 26.5. The van der Waals surface area contributed by atoms with Crippen LogP contribution in [0.4, 0.5) is 10.8 Å². The Labute approximate surface area is 227 Å². The lowest BCUT2D eigenvalue weighted by Gasteiger charge is -2.38. The topological polar surface area (TPSA) is 113 Å². The quantitative estimate of drug-likeness (QED) is 0.494. The molecular formula is C27H31N5O4S2. The molecule has 1 aliphatic carbocycles. The first-order valence-corrected chi connectivity index (χ1v) is 15.0. The van der Waals surface area contributed by atoms with Gasteiger partial charge in [-0.3, -0.25) is 9.59 Å². The van der Waals surface area contributed by atoms with Crippen LogP contribution in [0.15, 0.2) is 59.5 Å². The fourth-order valence-electron chi connectivity index (χ4n) is 5.41. The molecule has 2 fully saturated rings. The third-order valence-corrected chi connectivity index (χ3v) is 10.3. The summed E-state index contributed by atoms with van der Waals surface area (Å²) < 4.78 is 33.1. The van der Waals surface area contributed by atoms with Crippen LogP contribution in [0.2, 0.25) is 0 Å². The minimum Gasteiger partial charge on any atom is -0.344 e. The van der Waals surface area contributed by atoms with Gasteiger partial charge in [-0.1, -0.05) is 30.3 Å². The van der Waals surface area contributed by atoms with E-state index in [1.165, 1.54) is 34.9 Å². The molecule has 9 nitrogen and oxygen atoms in total. The largest absolute Gasteiger partial charge is 0.344 e. The summed E-state index contributed by atoms with van der Waals surface area (Å²) in [4.78, 5) is 30.6. The lowest BCUT2D eigenvalue weighted by molar-refractivity contribution is -0.121. The number of amides is 1. The summed E-state index contributed by atoms with van der Waals surface area (Å²) in [5, 5.41) is 3.43. The van der Waals surface area contributed by atoms with Crippen molar-refractivity contribution in [3.05, 3.63) is 66.0 Å². The van der Waals surface area contributed by atoms with E-state index < -0.39 is 10.0 Å². The van der Waals surface area contributed by atoms with E-state index in [9.17, 15) is 18.0 Å². The Bertz CT molecular complexity index is 1410. The Balaban J connectivity index is 1.33. The summed E-state index contributed by atoms with van der Waals surface area (Å²) in [5.74, 6) is 0.818. The number of benzene rings is 2. The summed E-state index contributed by atoms with van der Waals surface area (Å²) in [5.41, 5.74) is 1.30. The molecule has 1 aliphatic heterocycles. The second kappa shape index (κ2) is 10.5. The van der Waals surface area contributed by atoms with E-state index in [4.69, 9.17) is 9.36 Å². The molecule has 1 atom stereocenters. The van der Waals surface area contributed by atoms with Gasteiger partial charge in [0.25, 0.3) is 0 Å². The van der Waals surface area contributed by atoms with Gasteiger partial charge in [-0.2, -0.15) is 8.68 Å². The van der Waals surface area contributed by atoms with E-state index in [1.807, 2.05) is 25.1 Å². The Hall–Kier alpha value is -3.15. The van der Waals surface area contributed by atoms with Crippen molar-refractivity contribution in [2.75, 3.05) is 29.9 Å². The number of carbonyl (C=O) groups excluding carboxylic acids is 2. The maximum Gasteiger partial charge on any atom is 0.243 e. The Morgan fingerprint density at radius 1 is 1.05 bits per heavy atom. The standard InChI is InChI=1S/C27H31N5O4S2/c1-19-18-31(16-17-32(19)38(35,36)24-10-8-22(9-11-24)28-20(2)33)26-29-25(30-37-26)27(14-12-23(34)13-15-27)21-6-4-3-5-7-21/h3-11,19H,12-18H2,1-2H3,(H,28,33). The highest BCUT2D eigenvalue weighted by molar-refractivity contribution is 7.89. The van der Waals surface area contributed by atoms with Crippen molar-refractivity contribution >= 4 is 44.1 Å². The minimum absolute atomic E-state index is 0.196. The number of hydrogen-bond donors (Lipinski definition) is 1. The van der Waals surface area contributed by atoms with Gasteiger partial charge in [0.1, 0.15) is 5.78 Å². The van der Waals surface area contributed by atoms with Crippen molar-refractivity contribution in [2.45, 2.75) is 55.9 Å². The first-order valence-electron chi connectivity index (χ1n) is 12.7. The molecule has 0 spiro atoms. The maximum absolute atomic E-state index is 13.4. The molecule has 0 bridgehead atoms. The van der Waals surface area contributed by atoms with E-state index in [0.717, 1.165) is 16.5 Å². The number of ketones is 1. The average Bonchev–Trinajstić information content (AvgIpc) is 3.41. The number of nitrogens with zero attached hydrogens (tertiary/aromatic N) is 4. The monoisotopic (exact) mass is 553 g/mol. The smallest absolute Gasteiger partial charge is 0.243 e. The summed E-state index contributed by atoms with van der Waals surface area (Å²) in [6.07, 6.45) is 2.41. The van der Waals surface area contributed by atoms with Crippen LogP contribution >= 0.6 is 11.5 Å². The highest BCUT2D eigenvalue weighted by Gasteiger charge is 2.42. The van der Waals surface area contributed by atoms with Crippen LogP contribution < -0.4 is 10.2 Å². The Morgan fingerprint density at radius 3 is 2.37 bits per heavy atom. The van der Waals surface area contributed by atoms with Crippen molar-refractivity contribution in [2.24, 2.45) is 0 Å². The van der Waals surface area contributed by atoms with Gasteiger partial charge >= 0.3 is 0 Å². The van der Waals surface area contributed by atoms with Gasteiger partial charge in [-0.15, -0.1) is 0 Å². The minimum atomic E-state index is -3.70. The fraction of sp³-hybridized carbons (Fsp3) is 0.407. The van der Waals surface area contributed by atoms with Gasteiger partial charge in [-0.05, 0) is 49.6 Å². The number of Topliss-reactive ketones (excluding diaryl/α,β-unsaturated/α-hetero) is 1. The van der Waals surface area contributed by atoms with Crippen LogP contribution in [0, 0.1) is 0 Å². The predicted octanol–water partition coefficient (Wildman–Crippen LogP) is 3.83. The summed E-state index contributed by atoms with van der Waals surface area (Å²) >= 11 is 1.33. The molecule has 0 radical (unpaired) electrons. The molecule has 2 aromatic carbocycles. The van der Waals surface area contributed by atoms with Gasteiger partial charge < -0.3 is 10.2 Å². The third kappa shape index (κ3) is 5.10. The van der Waals surface area contributed by atoms with Crippen LogP contribution in [0.5, 0.6) is 0 Å². The SMILES string of the molecule is CC(=O)Nc1ccc(S(=O)(=O)N2CCN(c3nc(C4(c5ccccc5)CCC(=O)CC4)ns3)CC2C)cc1. The van der Waals surface area contributed by atoms with E-state index >= 15 is 0 Å². The van der Waals surface area contributed by atoms with E-state index in [1.54, 1.807) is 12.1 Å². The molecule has 5 rings (SSSR count). The van der Waals surface area contributed by atoms with Gasteiger partial charge in [0.15, 0.2) is 5.82 Å².